The molecule has 1 aliphatic heterocycles. The van der Waals surface area contributed by atoms with Gasteiger partial charge in [0.2, 0.25) is 0 Å². The van der Waals surface area contributed by atoms with Crippen LogP contribution in [0.1, 0.15) is 38.3 Å². The number of rotatable bonds is 3. The minimum Gasteiger partial charge on any atom is -0.393 e. The predicted molar refractivity (Wildman–Crippen MR) is 73.5 cm³/mol. The molecule has 4 heteroatoms. The third kappa shape index (κ3) is 2.82. The first-order valence-corrected chi connectivity index (χ1v) is 6.73. The van der Waals surface area contributed by atoms with E-state index in [1.165, 1.54) is 0 Å². The second kappa shape index (κ2) is 5.67. The third-order valence-corrected chi connectivity index (χ3v) is 3.83. The highest BCUT2D eigenvalue weighted by Crippen LogP contribution is 2.28. The first kappa shape index (κ1) is 13.3. The summed E-state index contributed by atoms with van der Waals surface area (Å²) in [6.07, 6.45) is 3.66. The number of aromatic nitrogens is 1. The zero-order valence-electron chi connectivity index (χ0n) is 11.2. The maximum Gasteiger partial charge on any atom is 0.133 e. The van der Waals surface area contributed by atoms with Crippen molar-refractivity contribution in [2.24, 2.45) is 11.7 Å². The van der Waals surface area contributed by atoms with Crippen LogP contribution in [0.25, 0.3) is 0 Å². The lowest BCUT2D eigenvalue weighted by atomic mass is 9.92. The molecule has 2 rings (SSSR count). The van der Waals surface area contributed by atoms with Gasteiger partial charge in [-0.05, 0) is 38.7 Å². The van der Waals surface area contributed by atoms with E-state index in [1.54, 1.807) is 0 Å². The smallest absolute Gasteiger partial charge is 0.133 e. The zero-order chi connectivity index (χ0) is 13.1. The highest BCUT2D eigenvalue weighted by atomic mass is 16.3. The molecule has 4 nitrogen and oxygen atoms in total. The van der Waals surface area contributed by atoms with Crippen molar-refractivity contribution in [3.05, 3.63) is 23.9 Å². The van der Waals surface area contributed by atoms with Crippen LogP contribution in [0.2, 0.25) is 0 Å². The maximum atomic E-state index is 9.62. The molecule has 0 saturated carbocycles. The first-order chi connectivity index (χ1) is 8.59. The van der Waals surface area contributed by atoms with Gasteiger partial charge >= 0.3 is 0 Å². The Hall–Kier alpha value is -1.13. The minimum absolute atomic E-state index is 0.00295. The molecule has 3 N–H and O–H groups in total. The van der Waals surface area contributed by atoms with Crippen LogP contribution in [0, 0.1) is 5.92 Å². The quantitative estimate of drug-likeness (QED) is 0.856. The van der Waals surface area contributed by atoms with Crippen LogP contribution in [0.15, 0.2) is 18.3 Å². The summed E-state index contributed by atoms with van der Waals surface area (Å²) in [5, 5.41) is 9.62. The summed E-state index contributed by atoms with van der Waals surface area (Å²) in [6.45, 7) is 5.77. The molecule has 0 spiro atoms. The number of hydrogen-bond acceptors (Lipinski definition) is 4. The van der Waals surface area contributed by atoms with Gasteiger partial charge in [-0.1, -0.05) is 6.07 Å². The molecule has 0 aliphatic carbocycles. The summed E-state index contributed by atoms with van der Waals surface area (Å²) < 4.78 is 0. The summed E-state index contributed by atoms with van der Waals surface area (Å²) in [4.78, 5) is 6.77. The summed E-state index contributed by atoms with van der Waals surface area (Å²) in [5.74, 6) is 1.43. The predicted octanol–water partition coefficient (Wildman–Crippen LogP) is 1.70. The van der Waals surface area contributed by atoms with Gasteiger partial charge in [0.25, 0.3) is 0 Å². The highest BCUT2D eigenvalue weighted by molar-refractivity contribution is 5.48. The fourth-order valence-electron chi connectivity index (χ4n) is 2.62. The summed E-state index contributed by atoms with van der Waals surface area (Å²) in [7, 11) is 0. The fourth-order valence-corrected chi connectivity index (χ4v) is 2.62. The minimum atomic E-state index is -0.205. The van der Waals surface area contributed by atoms with Gasteiger partial charge < -0.3 is 15.7 Å². The van der Waals surface area contributed by atoms with Crippen molar-refractivity contribution in [3.8, 4) is 0 Å². The van der Waals surface area contributed by atoms with Crippen molar-refractivity contribution in [1.29, 1.82) is 0 Å². The number of pyridine rings is 1. The molecule has 0 amide bonds. The van der Waals surface area contributed by atoms with Gasteiger partial charge in [0.15, 0.2) is 0 Å². The van der Waals surface area contributed by atoms with E-state index in [0.29, 0.717) is 5.92 Å². The topological polar surface area (TPSA) is 62.4 Å². The number of anilines is 1. The Morgan fingerprint density at radius 3 is 2.61 bits per heavy atom. The summed E-state index contributed by atoms with van der Waals surface area (Å²) >= 11 is 0. The Labute approximate surface area is 109 Å². The SMILES string of the molecule is CC(O)C1CCN(c2ncccc2[C@@H](C)N)CC1. The molecule has 1 aromatic rings. The molecule has 0 aromatic carbocycles. The standard InChI is InChI=1S/C14H23N3O/c1-10(15)13-4-3-7-16-14(13)17-8-5-12(6-9-17)11(2)18/h3-4,7,10-12,18H,5-6,8-9,15H2,1-2H3/t10-,11?/m1/s1. The van der Waals surface area contributed by atoms with Crippen LogP contribution in [0.5, 0.6) is 0 Å². The van der Waals surface area contributed by atoms with E-state index < -0.39 is 0 Å². The van der Waals surface area contributed by atoms with Crippen LogP contribution in [0.4, 0.5) is 5.82 Å². The first-order valence-electron chi connectivity index (χ1n) is 6.73. The Morgan fingerprint density at radius 2 is 2.06 bits per heavy atom. The summed E-state index contributed by atoms with van der Waals surface area (Å²) in [6, 6.07) is 3.99. The van der Waals surface area contributed by atoms with Crippen LogP contribution in [0.3, 0.4) is 0 Å². The van der Waals surface area contributed by atoms with Crippen molar-refractivity contribution in [2.45, 2.75) is 38.8 Å². The van der Waals surface area contributed by atoms with Gasteiger partial charge in [0.05, 0.1) is 6.10 Å². The van der Waals surface area contributed by atoms with Gasteiger partial charge in [0.1, 0.15) is 5.82 Å². The molecule has 1 aliphatic rings. The third-order valence-electron chi connectivity index (χ3n) is 3.83. The Bertz CT molecular complexity index is 384. The van der Waals surface area contributed by atoms with E-state index in [4.69, 9.17) is 5.73 Å². The van der Waals surface area contributed by atoms with E-state index in [0.717, 1.165) is 37.3 Å². The number of aliphatic hydroxyl groups is 1. The lowest BCUT2D eigenvalue weighted by Gasteiger charge is -2.35. The molecule has 1 aromatic heterocycles. The van der Waals surface area contributed by atoms with Gasteiger partial charge in [-0.3, -0.25) is 0 Å². The summed E-state index contributed by atoms with van der Waals surface area (Å²) in [5.41, 5.74) is 7.09. The zero-order valence-corrected chi connectivity index (χ0v) is 11.2. The van der Waals surface area contributed by atoms with Crippen LogP contribution >= 0.6 is 0 Å². The van der Waals surface area contributed by atoms with Crippen molar-refractivity contribution >= 4 is 5.82 Å². The lowest BCUT2D eigenvalue weighted by Crippen LogP contribution is -2.38. The molecule has 1 unspecified atom stereocenters. The van der Waals surface area contributed by atoms with E-state index >= 15 is 0 Å². The molecule has 1 saturated heterocycles. The van der Waals surface area contributed by atoms with Crippen molar-refractivity contribution < 1.29 is 5.11 Å². The molecular weight excluding hydrogens is 226 g/mol. The molecule has 1 fully saturated rings. The number of nitrogens with zero attached hydrogens (tertiary/aromatic N) is 2. The highest BCUT2D eigenvalue weighted by Gasteiger charge is 2.24. The number of hydrogen-bond donors (Lipinski definition) is 2. The van der Waals surface area contributed by atoms with Crippen molar-refractivity contribution in [3.63, 3.8) is 0 Å². The average Bonchev–Trinajstić information content (AvgIpc) is 2.39. The maximum absolute atomic E-state index is 9.62. The second-order valence-electron chi connectivity index (χ2n) is 5.27. The molecule has 2 atom stereocenters. The van der Waals surface area contributed by atoms with Gasteiger partial charge in [0, 0.05) is 30.9 Å². The van der Waals surface area contributed by atoms with Crippen LogP contribution in [-0.2, 0) is 0 Å². The van der Waals surface area contributed by atoms with Gasteiger partial charge in [-0.25, -0.2) is 4.98 Å². The van der Waals surface area contributed by atoms with Gasteiger partial charge in [-0.15, -0.1) is 0 Å². The van der Waals surface area contributed by atoms with Crippen molar-refractivity contribution in [1.82, 2.24) is 4.98 Å². The molecule has 100 valence electrons. The van der Waals surface area contributed by atoms with Crippen LogP contribution in [-0.4, -0.2) is 29.3 Å². The molecule has 0 bridgehead atoms. The van der Waals surface area contributed by atoms with Crippen LogP contribution < -0.4 is 10.6 Å². The Kier molecular flexibility index (Phi) is 4.19. The second-order valence-corrected chi connectivity index (χ2v) is 5.27. The Morgan fingerprint density at radius 1 is 1.39 bits per heavy atom. The van der Waals surface area contributed by atoms with E-state index in [9.17, 15) is 5.11 Å². The molecule has 0 radical (unpaired) electrons. The lowest BCUT2D eigenvalue weighted by molar-refractivity contribution is 0.109. The number of nitrogens with two attached hydrogens (primary N) is 1. The van der Waals surface area contributed by atoms with Gasteiger partial charge in [-0.2, -0.15) is 0 Å². The number of piperidine rings is 1. The monoisotopic (exact) mass is 249 g/mol. The number of aliphatic hydroxyl groups excluding tert-OH is 1. The largest absolute Gasteiger partial charge is 0.393 e. The van der Waals surface area contributed by atoms with E-state index in [1.807, 2.05) is 32.2 Å². The Balaban J connectivity index is 2.10. The molecule has 2 heterocycles. The van der Waals surface area contributed by atoms with E-state index in [-0.39, 0.29) is 12.1 Å². The molecule has 18 heavy (non-hydrogen) atoms. The average molecular weight is 249 g/mol. The normalized spacial score (nSPS) is 20.8. The fraction of sp³-hybridized carbons (Fsp3) is 0.643. The molecular formula is C14H23N3O. The van der Waals surface area contributed by atoms with Crippen molar-refractivity contribution in [2.75, 3.05) is 18.0 Å². The van der Waals surface area contributed by atoms with E-state index in [2.05, 4.69) is 9.88 Å².